The molecule has 1 unspecified atom stereocenters. The van der Waals surface area contributed by atoms with Gasteiger partial charge in [0.25, 0.3) is 5.91 Å². The third kappa shape index (κ3) is 4.63. The molecule has 3 rings (SSSR count). The van der Waals surface area contributed by atoms with E-state index in [1.54, 1.807) is 0 Å². The van der Waals surface area contributed by atoms with Crippen LogP contribution in [0.2, 0.25) is 10.0 Å². The van der Waals surface area contributed by atoms with Gasteiger partial charge in [-0.2, -0.15) is 0 Å². The zero-order chi connectivity index (χ0) is 19.8. The Hall–Kier alpha value is -1.61. The highest BCUT2D eigenvalue weighted by molar-refractivity contribution is 7.96. The van der Waals surface area contributed by atoms with Crippen LogP contribution in [0.3, 0.4) is 0 Å². The Morgan fingerprint density at radius 2 is 1.63 bits per heavy atom. The fraction of sp³-hybridized carbons (Fsp3) is 0.235. The van der Waals surface area contributed by atoms with Gasteiger partial charge in [0.2, 0.25) is 0 Å². The van der Waals surface area contributed by atoms with Gasteiger partial charge in [-0.3, -0.25) is 4.79 Å². The molecule has 0 bridgehead atoms. The summed E-state index contributed by atoms with van der Waals surface area (Å²) in [7, 11) is -7.08. The number of anilines is 1. The average molecular weight is 448 g/mol. The van der Waals surface area contributed by atoms with Crippen LogP contribution in [-0.2, 0) is 19.7 Å². The summed E-state index contributed by atoms with van der Waals surface area (Å²) in [4.78, 5) is 12.3. The molecule has 6 nitrogen and oxygen atoms in total. The second kappa shape index (κ2) is 7.43. The van der Waals surface area contributed by atoms with Crippen LogP contribution in [0, 0.1) is 0 Å². The second-order valence-electron chi connectivity index (χ2n) is 6.21. The number of carbonyl (C=O) groups is 1. The largest absolute Gasteiger partial charge is 0.322 e. The van der Waals surface area contributed by atoms with Crippen LogP contribution >= 0.6 is 23.2 Å². The van der Waals surface area contributed by atoms with Crippen LogP contribution < -0.4 is 5.32 Å². The quantitative estimate of drug-likeness (QED) is 0.775. The Bertz CT molecular complexity index is 1080. The standard InChI is InChI=1S/C17H15Cl2NO5S2/c18-12-7-13(19)9-14(8-12)20-17(21)11-1-3-15(4-2-11)27(24,25)16-5-6-26(22,23)10-16/h1-4,7-9,16H,5-6,10H2,(H,20,21). The molecule has 1 N–H and O–H groups in total. The fourth-order valence-corrected chi connectivity index (χ4v) is 7.71. The third-order valence-electron chi connectivity index (χ3n) is 4.19. The molecule has 0 radical (unpaired) electrons. The Balaban J connectivity index is 1.77. The first-order valence-corrected chi connectivity index (χ1v) is 12.0. The van der Waals surface area contributed by atoms with Gasteiger partial charge in [0.15, 0.2) is 19.7 Å². The molecule has 1 atom stereocenters. The molecule has 0 spiro atoms. The van der Waals surface area contributed by atoms with Crippen LogP contribution in [0.4, 0.5) is 5.69 Å². The van der Waals surface area contributed by atoms with Gasteiger partial charge in [0.1, 0.15) is 0 Å². The van der Waals surface area contributed by atoms with Crippen LogP contribution in [0.5, 0.6) is 0 Å². The molecule has 1 fully saturated rings. The van der Waals surface area contributed by atoms with Crippen LogP contribution in [0.25, 0.3) is 0 Å². The molecule has 144 valence electrons. The summed E-state index contributed by atoms with van der Waals surface area (Å²) in [5.41, 5.74) is 0.648. The lowest BCUT2D eigenvalue weighted by atomic mass is 10.2. The van der Waals surface area contributed by atoms with E-state index < -0.39 is 30.8 Å². The first-order chi connectivity index (χ1) is 12.6. The maximum absolute atomic E-state index is 12.6. The molecule has 2 aromatic carbocycles. The molecule has 27 heavy (non-hydrogen) atoms. The van der Waals surface area contributed by atoms with Crippen molar-refractivity contribution in [1.82, 2.24) is 0 Å². The zero-order valence-electron chi connectivity index (χ0n) is 13.9. The number of carbonyl (C=O) groups excluding carboxylic acids is 1. The lowest BCUT2D eigenvalue weighted by Gasteiger charge is -2.11. The Morgan fingerprint density at radius 1 is 1.04 bits per heavy atom. The van der Waals surface area contributed by atoms with E-state index in [1.807, 2.05) is 0 Å². The van der Waals surface area contributed by atoms with E-state index in [0.29, 0.717) is 15.7 Å². The van der Waals surface area contributed by atoms with E-state index in [0.717, 1.165) is 0 Å². The number of hydrogen-bond donors (Lipinski definition) is 1. The number of nitrogens with one attached hydrogen (secondary N) is 1. The normalized spacial score (nSPS) is 19.0. The maximum atomic E-state index is 12.6. The Morgan fingerprint density at radius 3 is 2.15 bits per heavy atom. The molecule has 1 saturated heterocycles. The molecule has 1 aliphatic heterocycles. The van der Waals surface area contributed by atoms with E-state index in [1.165, 1.54) is 42.5 Å². The predicted molar refractivity (Wildman–Crippen MR) is 105 cm³/mol. The molecule has 0 aromatic heterocycles. The van der Waals surface area contributed by atoms with E-state index in [-0.39, 0.29) is 28.4 Å². The predicted octanol–water partition coefficient (Wildman–Crippen LogP) is 3.21. The maximum Gasteiger partial charge on any atom is 0.255 e. The van der Waals surface area contributed by atoms with Gasteiger partial charge in [-0.15, -0.1) is 0 Å². The molecule has 10 heteroatoms. The first-order valence-electron chi connectivity index (χ1n) is 7.89. The highest BCUT2D eigenvalue weighted by atomic mass is 35.5. The van der Waals surface area contributed by atoms with Crippen molar-refractivity contribution in [2.45, 2.75) is 16.6 Å². The number of halogens is 2. The molecule has 0 aliphatic carbocycles. The molecule has 2 aromatic rings. The summed E-state index contributed by atoms with van der Waals surface area (Å²) >= 11 is 11.8. The van der Waals surface area contributed by atoms with Crippen molar-refractivity contribution in [3.8, 4) is 0 Å². The summed E-state index contributed by atoms with van der Waals surface area (Å²) in [6, 6.07) is 9.95. The third-order valence-corrected chi connectivity index (χ3v) is 8.82. The van der Waals surface area contributed by atoms with Crippen molar-refractivity contribution in [2.75, 3.05) is 16.8 Å². The van der Waals surface area contributed by atoms with E-state index in [4.69, 9.17) is 23.2 Å². The van der Waals surface area contributed by atoms with Crippen molar-refractivity contribution >= 4 is 54.5 Å². The fourth-order valence-electron chi connectivity index (χ4n) is 2.82. The smallest absolute Gasteiger partial charge is 0.255 e. The molecule has 1 heterocycles. The highest BCUT2D eigenvalue weighted by Crippen LogP contribution is 2.26. The summed E-state index contributed by atoms with van der Waals surface area (Å²) in [6.07, 6.45) is 0.0857. The molecule has 1 amide bonds. The lowest BCUT2D eigenvalue weighted by Crippen LogP contribution is -2.22. The van der Waals surface area contributed by atoms with Crippen molar-refractivity contribution in [2.24, 2.45) is 0 Å². The molecule has 1 aliphatic rings. The van der Waals surface area contributed by atoms with E-state index >= 15 is 0 Å². The van der Waals surface area contributed by atoms with Gasteiger partial charge in [-0.05, 0) is 48.9 Å². The van der Waals surface area contributed by atoms with Crippen molar-refractivity contribution in [3.05, 3.63) is 58.1 Å². The van der Waals surface area contributed by atoms with E-state index in [2.05, 4.69) is 5.32 Å². The minimum absolute atomic E-state index is 0.00745. The van der Waals surface area contributed by atoms with Crippen molar-refractivity contribution in [1.29, 1.82) is 0 Å². The van der Waals surface area contributed by atoms with Gasteiger partial charge in [-0.25, -0.2) is 16.8 Å². The number of benzene rings is 2. The lowest BCUT2D eigenvalue weighted by molar-refractivity contribution is 0.102. The minimum atomic E-state index is -3.77. The van der Waals surface area contributed by atoms with Gasteiger partial charge in [0, 0.05) is 21.3 Å². The van der Waals surface area contributed by atoms with Crippen LogP contribution in [0.1, 0.15) is 16.8 Å². The topological polar surface area (TPSA) is 97.4 Å². The van der Waals surface area contributed by atoms with Gasteiger partial charge in [-0.1, -0.05) is 23.2 Å². The van der Waals surface area contributed by atoms with Crippen LogP contribution in [0.15, 0.2) is 47.4 Å². The summed E-state index contributed by atoms with van der Waals surface area (Å²) in [5.74, 6) is -0.951. The van der Waals surface area contributed by atoms with Gasteiger partial charge in [0.05, 0.1) is 21.7 Å². The second-order valence-corrected chi connectivity index (χ2v) is 11.5. The highest BCUT2D eigenvalue weighted by Gasteiger charge is 2.37. The Labute approximate surface area is 167 Å². The SMILES string of the molecule is O=C(Nc1cc(Cl)cc(Cl)c1)c1ccc(S(=O)(=O)C2CCS(=O)(=O)C2)cc1. The average Bonchev–Trinajstić information content (AvgIpc) is 2.95. The monoisotopic (exact) mass is 447 g/mol. The van der Waals surface area contributed by atoms with Crippen molar-refractivity contribution < 1.29 is 21.6 Å². The number of sulfone groups is 2. The van der Waals surface area contributed by atoms with Gasteiger partial charge < -0.3 is 5.32 Å². The number of hydrogen-bond acceptors (Lipinski definition) is 5. The number of amides is 1. The van der Waals surface area contributed by atoms with Gasteiger partial charge >= 0.3 is 0 Å². The zero-order valence-corrected chi connectivity index (χ0v) is 17.0. The van der Waals surface area contributed by atoms with E-state index in [9.17, 15) is 21.6 Å². The Kier molecular flexibility index (Phi) is 5.54. The molecule has 0 saturated carbocycles. The molecular weight excluding hydrogens is 433 g/mol. The van der Waals surface area contributed by atoms with Crippen molar-refractivity contribution in [3.63, 3.8) is 0 Å². The first kappa shape index (κ1) is 20.1. The number of rotatable bonds is 4. The summed E-state index contributed by atoms with van der Waals surface area (Å²) in [6.45, 7) is 0. The summed E-state index contributed by atoms with van der Waals surface area (Å²) < 4.78 is 48.2. The minimum Gasteiger partial charge on any atom is -0.322 e. The van der Waals surface area contributed by atoms with Crippen LogP contribution in [-0.4, -0.2) is 39.5 Å². The molecular formula is C17H15Cl2NO5S2. The summed E-state index contributed by atoms with van der Waals surface area (Å²) in [5, 5.41) is 2.41.